The third-order valence-electron chi connectivity index (χ3n) is 4.31. The number of rotatable bonds is 6. The lowest BCUT2D eigenvalue weighted by Crippen LogP contribution is -2.32. The summed E-state index contributed by atoms with van der Waals surface area (Å²) in [5.74, 6) is -0.254. The Labute approximate surface area is 179 Å². The van der Waals surface area contributed by atoms with Crippen LogP contribution in [0.15, 0.2) is 29.8 Å². The van der Waals surface area contributed by atoms with Crippen LogP contribution in [0, 0.1) is 18.3 Å². The number of benzene rings is 1. The Morgan fingerprint density at radius 2 is 2.11 bits per heavy atom. The quantitative estimate of drug-likeness (QED) is 0.196. The highest BCUT2D eigenvalue weighted by atomic mass is 127. The molecular formula is C18H19IN4O2S2. The Hall–Kier alpha value is -1.19. The van der Waals surface area contributed by atoms with Crippen LogP contribution in [0.3, 0.4) is 0 Å². The molecule has 1 saturated heterocycles. The molecule has 9 heteroatoms. The first-order valence-electron chi connectivity index (χ1n) is 8.41. The minimum Gasteiger partial charge on any atom is -0.379 e. The molecule has 0 amide bonds. The molecule has 27 heavy (non-hydrogen) atoms. The van der Waals surface area contributed by atoms with Crippen molar-refractivity contribution in [3.05, 3.63) is 41.1 Å². The van der Waals surface area contributed by atoms with Crippen LogP contribution >= 0.6 is 42.5 Å². The van der Waals surface area contributed by atoms with Crippen molar-refractivity contribution in [2.75, 3.05) is 31.0 Å². The number of morpholine rings is 1. The molecule has 0 atom stereocenters. The van der Waals surface area contributed by atoms with Gasteiger partial charge in [-0.1, -0.05) is 6.08 Å². The van der Waals surface area contributed by atoms with Crippen LogP contribution in [0.5, 0.6) is 0 Å². The third kappa shape index (κ3) is 4.46. The fraction of sp³-hybridized carbons (Fsp3) is 0.333. The van der Waals surface area contributed by atoms with E-state index in [0.29, 0.717) is 5.69 Å². The van der Waals surface area contributed by atoms with Crippen molar-refractivity contribution in [2.45, 2.75) is 13.8 Å². The lowest BCUT2D eigenvalue weighted by molar-refractivity contribution is 0.0775. The average Bonchev–Trinajstić information content (AvgIpc) is 3.05. The molecule has 1 aliphatic heterocycles. The first kappa shape index (κ1) is 20.5. The molecule has 0 bridgehead atoms. The molecule has 2 heterocycles. The minimum absolute atomic E-state index is 0.155. The monoisotopic (exact) mass is 514 g/mol. The Kier molecular flexibility index (Phi) is 7.10. The van der Waals surface area contributed by atoms with E-state index in [0.717, 1.165) is 48.5 Å². The number of carbonyl (C=O) groups is 1. The van der Waals surface area contributed by atoms with E-state index in [1.165, 1.54) is 9.12 Å². The van der Waals surface area contributed by atoms with Gasteiger partial charge in [0.15, 0.2) is 0 Å². The second kappa shape index (κ2) is 9.34. The van der Waals surface area contributed by atoms with Crippen molar-refractivity contribution in [1.82, 2.24) is 8.28 Å². The highest BCUT2D eigenvalue weighted by Crippen LogP contribution is 2.34. The molecule has 0 radical (unpaired) electrons. The van der Waals surface area contributed by atoms with Gasteiger partial charge in [0.25, 0.3) is 0 Å². The van der Waals surface area contributed by atoms with Gasteiger partial charge in [-0.2, -0.15) is 5.26 Å². The average molecular weight is 514 g/mol. The number of Topliss-reactive ketones (excluding diaryl/α,β-unsaturated/α-hetero) is 1. The van der Waals surface area contributed by atoms with E-state index in [1.807, 2.05) is 23.0 Å². The van der Waals surface area contributed by atoms with Gasteiger partial charge in [0, 0.05) is 60.9 Å². The minimum atomic E-state index is -0.254. The number of carbonyl (C=O) groups excluding carboxylic acids is 1. The van der Waals surface area contributed by atoms with Gasteiger partial charge in [0.1, 0.15) is 11.8 Å². The summed E-state index contributed by atoms with van der Waals surface area (Å²) in [7, 11) is 1.43. The fourth-order valence-electron chi connectivity index (χ4n) is 2.82. The van der Waals surface area contributed by atoms with Gasteiger partial charge in [-0.3, -0.25) is 8.77 Å². The van der Waals surface area contributed by atoms with Gasteiger partial charge < -0.3 is 9.46 Å². The second-order valence-electron chi connectivity index (χ2n) is 6.00. The number of allylic oxidation sites excluding steroid dienone is 2. The molecule has 2 aromatic rings. The highest BCUT2D eigenvalue weighted by molar-refractivity contribution is 14.2. The number of halogens is 1. The molecule has 1 aliphatic rings. The molecule has 0 unspecified atom stereocenters. The Morgan fingerprint density at radius 3 is 2.74 bits per heavy atom. The zero-order valence-corrected chi connectivity index (χ0v) is 18.8. The van der Waals surface area contributed by atoms with Gasteiger partial charge in [0.2, 0.25) is 5.78 Å². The fourth-order valence-corrected chi connectivity index (χ4v) is 5.32. The van der Waals surface area contributed by atoms with Gasteiger partial charge in [0.05, 0.1) is 30.0 Å². The van der Waals surface area contributed by atoms with E-state index in [4.69, 9.17) is 4.74 Å². The number of anilines is 1. The van der Waals surface area contributed by atoms with Crippen molar-refractivity contribution >= 4 is 64.8 Å². The van der Waals surface area contributed by atoms with E-state index in [1.54, 1.807) is 25.1 Å². The van der Waals surface area contributed by atoms with Crippen molar-refractivity contribution in [2.24, 2.45) is 0 Å². The first-order chi connectivity index (χ1) is 13.1. The number of ketones is 1. The zero-order valence-electron chi connectivity index (χ0n) is 15.0. The Morgan fingerprint density at radius 1 is 1.37 bits per heavy atom. The van der Waals surface area contributed by atoms with Crippen LogP contribution in [-0.4, -0.2) is 40.4 Å². The van der Waals surface area contributed by atoms with Crippen molar-refractivity contribution in [3.63, 3.8) is 0 Å². The largest absolute Gasteiger partial charge is 0.379 e. The maximum absolute atomic E-state index is 12.7. The van der Waals surface area contributed by atoms with Crippen LogP contribution in [0.1, 0.15) is 23.0 Å². The highest BCUT2D eigenvalue weighted by Gasteiger charge is 2.20. The number of nitriles is 1. The smallest absolute Gasteiger partial charge is 0.220 e. The summed E-state index contributed by atoms with van der Waals surface area (Å²) in [6.07, 6.45) is 1.55. The molecular weight excluding hydrogens is 495 g/mol. The standard InChI is InChI=1S/C18H19IN4O2S2/c1-3-13(11-20)18(24)17-9-14-8-12(2)15(10-16(14)23(17)26-19)21-27-22-4-6-25-7-5-22/h3,8-10,21H,4-7H2,1-2H3/b13-3+. The predicted molar refractivity (Wildman–Crippen MR) is 121 cm³/mol. The van der Waals surface area contributed by atoms with E-state index in [9.17, 15) is 10.1 Å². The molecule has 0 spiro atoms. The molecule has 1 aromatic heterocycles. The Balaban J connectivity index is 1.93. The molecule has 3 rings (SSSR count). The second-order valence-corrected chi connectivity index (χ2v) is 8.58. The summed E-state index contributed by atoms with van der Waals surface area (Å²) in [6, 6.07) is 7.96. The number of aryl methyl sites for hydroxylation is 1. The topological polar surface area (TPSA) is 70.3 Å². The van der Waals surface area contributed by atoms with Gasteiger partial charge in [-0.15, -0.1) is 0 Å². The predicted octanol–water partition coefficient (Wildman–Crippen LogP) is 4.76. The molecule has 1 N–H and O–H groups in total. The normalized spacial score (nSPS) is 15.7. The van der Waals surface area contributed by atoms with E-state index >= 15 is 0 Å². The van der Waals surface area contributed by atoms with E-state index in [2.05, 4.69) is 42.4 Å². The number of nitrogens with one attached hydrogen (secondary N) is 1. The molecule has 0 saturated carbocycles. The van der Waals surface area contributed by atoms with Crippen LogP contribution in [0.25, 0.3) is 10.9 Å². The summed E-state index contributed by atoms with van der Waals surface area (Å²) < 4.78 is 12.9. The number of hydrogen-bond donors (Lipinski definition) is 1. The summed E-state index contributed by atoms with van der Waals surface area (Å²) in [4.78, 5) is 12.7. The molecule has 142 valence electrons. The van der Waals surface area contributed by atoms with Crippen LogP contribution < -0.4 is 4.72 Å². The lowest BCUT2D eigenvalue weighted by atomic mass is 10.1. The Bertz CT molecular complexity index is 930. The summed E-state index contributed by atoms with van der Waals surface area (Å²) in [6.45, 7) is 7.02. The third-order valence-corrected chi connectivity index (χ3v) is 6.96. The summed E-state index contributed by atoms with van der Waals surface area (Å²) in [5.41, 5.74) is 3.72. The summed E-state index contributed by atoms with van der Waals surface area (Å²) in [5, 5.41) is 10.2. The molecule has 1 fully saturated rings. The molecule has 1 aromatic carbocycles. The van der Waals surface area contributed by atoms with Gasteiger partial charge in [-0.05, 0) is 37.6 Å². The first-order valence-corrected chi connectivity index (χ1v) is 12.5. The molecule has 6 nitrogen and oxygen atoms in total. The number of ether oxygens (including phenoxy) is 1. The number of hydrogen-bond acceptors (Lipinski definition) is 7. The van der Waals surface area contributed by atoms with E-state index in [-0.39, 0.29) is 11.4 Å². The van der Waals surface area contributed by atoms with Crippen molar-refractivity contribution < 1.29 is 9.53 Å². The number of fused-ring (bicyclic) bond motifs is 1. The van der Waals surface area contributed by atoms with Crippen LogP contribution in [0.4, 0.5) is 5.69 Å². The maximum atomic E-state index is 12.7. The van der Waals surface area contributed by atoms with Gasteiger partial charge in [-0.25, -0.2) is 4.31 Å². The van der Waals surface area contributed by atoms with E-state index < -0.39 is 0 Å². The number of aromatic nitrogens is 1. The SMILES string of the molecule is C/C=C(\C#N)C(=O)c1cc2cc(C)c(NSN3CCOCC3)cc2n1SI. The lowest BCUT2D eigenvalue weighted by Gasteiger charge is -2.25. The van der Waals surface area contributed by atoms with Crippen molar-refractivity contribution in [3.8, 4) is 6.07 Å². The van der Waals surface area contributed by atoms with Crippen molar-refractivity contribution in [1.29, 1.82) is 5.26 Å². The van der Waals surface area contributed by atoms with Gasteiger partial charge >= 0.3 is 0 Å². The maximum Gasteiger partial charge on any atom is 0.220 e. The number of nitrogens with zero attached hydrogens (tertiary/aromatic N) is 3. The summed E-state index contributed by atoms with van der Waals surface area (Å²) >= 11 is 3.74. The molecule has 0 aliphatic carbocycles. The zero-order chi connectivity index (χ0) is 19.4. The van der Waals surface area contributed by atoms with Crippen LogP contribution in [0.2, 0.25) is 0 Å². The van der Waals surface area contributed by atoms with Crippen LogP contribution in [-0.2, 0) is 4.74 Å².